The van der Waals surface area contributed by atoms with E-state index >= 15 is 0 Å². The minimum Gasteiger partial charge on any atom is -0.465 e. The Morgan fingerprint density at radius 2 is 1.73 bits per heavy atom. The van der Waals surface area contributed by atoms with E-state index < -0.39 is 29.2 Å². The first-order valence-corrected chi connectivity index (χ1v) is 13.9. The number of hydrogen-bond donors (Lipinski definition) is 0. The van der Waals surface area contributed by atoms with Gasteiger partial charge >= 0.3 is 17.9 Å². The maximum Gasteiger partial charge on any atom is 0.308 e. The second kappa shape index (κ2) is 9.49. The highest BCUT2D eigenvalue weighted by molar-refractivity contribution is 5.72. The number of ether oxygens (including phenoxy) is 6. The molecule has 0 aromatic rings. The molecule has 9 nitrogen and oxygen atoms in total. The Kier molecular flexibility index (Phi) is 6.89. The molecule has 2 saturated carbocycles. The summed E-state index contributed by atoms with van der Waals surface area (Å²) in [7, 11) is 0. The summed E-state index contributed by atoms with van der Waals surface area (Å²) in [6.07, 6.45) is 2.48. The third kappa shape index (κ3) is 4.11. The molecule has 5 rings (SSSR count). The van der Waals surface area contributed by atoms with Crippen molar-refractivity contribution >= 4 is 17.9 Å². The van der Waals surface area contributed by atoms with E-state index in [9.17, 15) is 14.4 Å². The molecule has 5 fully saturated rings. The van der Waals surface area contributed by atoms with Crippen molar-refractivity contribution in [2.45, 2.75) is 104 Å². The molecule has 3 saturated heterocycles. The van der Waals surface area contributed by atoms with E-state index in [1.165, 1.54) is 13.8 Å². The third-order valence-corrected chi connectivity index (χ3v) is 10.3. The zero-order valence-electron chi connectivity index (χ0n) is 22.9. The molecule has 0 bridgehead atoms. The first kappa shape index (κ1) is 26.9. The van der Waals surface area contributed by atoms with Crippen LogP contribution in [0.15, 0.2) is 0 Å². The first-order valence-electron chi connectivity index (χ1n) is 13.9. The molecule has 0 amide bonds. The largest absolute Gasteiger partial charge is 0.465 e. The number of carbonyl (C=O) groups excluding carboxylic acids is 3. The van der Waals surface area contributed by atoms with E-state index in [1.54, 1.807) is 13.8 Å². The van der Waals surface area contributed by atoms with Gasteiger partial charge in [0.25, 0.3) is 0 Å². The summed E-state index contributed by atoms with van der Waals surface area (Å²) >= 11 is 0. The van der Waals surface area contributed by atoms with E-state index in [2.05, 4.69) is 13.8 Å². The van der Waals surface area contributed by atoms with Gasteiger partial charge in [0.15, 0.2) is 6.29 Å². The lowest BCUT2D eigenvalue weighted by Crippen LogP contribution is -2.72. The van der Waals surface area contributed by atoms with Crippen LogP contribution in [0.25, 0.3) is 0 Å². The highest BCUT2D eigenvalue weighted by Crippen LogP contribution is 2.70. The number of carbonyl (C=O) groups is 3. The van der Waals surface area contributed by atoms with Crippen LogP contribution in [0.2, 0.25) is 0 Å². The normalized spacial score (nSPS) is 46.3. The number of esters is 3. The van der Waals surface area contributed by atoms with Crippen LogP contribution in [0.3, 0.4) is 0 Å². The van der Waals surface area contributed by atoms with Crippen LogP contribution in [0.5, 0.6) is 0 Å². The molecule has 10 atom stereocenters. The number of hydrogen-bond acceptors (Lipinski definition) is 9. The zero-order chi connectivity index (χ0) is 26.8. The molecule has 0 aromatic heterocycles. The van der Waals surface area contributed by atoms with Crippen LogP contribution in [-0.4, -0.2) is 67.9 Å². The van der Waals surface area contributed by atoms with Crippen molar-refractivity contribution < 1.29 is 42.8 Å². The van der Waals surface area contributed by atoms with Gasteiger partial charge in [0.05, 0.1) is 30.7 Å². The van der Waals surface area contributed by atoms with Crippen LogP contribution in [0.4, 0.5) is 0 Å². The molecule has 3 heterocycles. The molecular weight excluding hydrogens is 480 g/mol. The summed E-state index contributed by atoms with van der Waals surface area (Å²) in [5.74, 6) is -0.913. The van der Waals surface area contributed by atoms with Gasteiger partial charge in [0, 0.05) is 25.2 Å². The lowest BCUT2D eigenvalue weighted by molar-refractivity contribution is -0.270. The summed E-state index contributed by atoms with van der Waals surface area (Å²) in [6.45, 7) is 12.0. The van der Waals surface area contributed by atoms with E-state index in [-0.39, 0.29) is 54.1 Å². The van der Waals surface area contributed by atoms with Gasteiger partial charge in [0.2, 0.25) is 0 Å². The van der Waals surface area contributed by atoms with Crippen molar-refractivity contribution in [2.24, 2.45) is 34.5 Å². The topological polar surface area (TPSA) is 110 Å². The summed E-state index contributed by atoms with van der Waals surface area (Å²) < 4.78 is 36.6. The predicted molar refractivity (Wildman–Crippen MR) is 130 cm³/mol. The van der Waals surface area contributed by atoms with Crippen molar-refractivity contribution in [3.05, 3.63) is 0 Å². The van der Waals surface area contributed by atoms with Crippen LogP contribution >= 0.6 is 0 Å². The minimum atomic E-state index is -0.900. The van der Waals surface area contributed by atoms with Crippen molar-refractivity contribution in [3.63, 3.8) is 0 Å². The molecule has 1 unspecified atom stereocenters. The fraction of sp³-hybridized carbons (Fsp3) is 0.893. The maximum absolute atomic E-state index is 12.7. The molecule has 3 aliphatic heterocycles. The van der Waals surface area contributed by atoms with Gasteiger partial charge in [-0.1, -0.05) is 27.7 Å². The van der Waals surface area contributed by atoms with E-state index in [4.69, 9.17) is 28.4 Å². The van der Waals surface area contributed by atoms with Gasteiger partial charge in [-0.05, 0) is 43.9 Å². The van der Waals surface area contributed by atoms with Gasteiger partial charge in [-0.2, -0.15) is 0 Å². The second-order valence-corrected chi connectivity index (χ2v) is 12.5. The summed E-state index contributed by atoms with van der Waals surface area (Å²) in [5, 5.41) is 0. The first-order chi connectivity index (χ1) is 17.5. The van der Waals surface area contributed by atoms with E-state index in [1.807, 2.05) is 0 Å². The molecule has 37 heavy (non-hydrogen) atoms. The molecule has 208 valence electrons. The monoisotopic (exact) mass is 522 g/mol. The SMILES string of the molecule is CC(=O)OC[C@@]12[C@@H](OC(C)=O)C[C@@H](C)[C@](C)([C@@H]3C[C@H]4CCO[C@H]4O3)[C@H]1CC[C@H](OC(=O)C(C)C)C21CO1. The van der Waals surface area contributed by atoms with Gasteiger partial charge in [0.1, 0.15) is 24.4 Å². The molecule has 0 radical (unpaired) electrons. The fourth-order valence-electron chi connectivity index (χ4n) is 8.17. The van der Waals surface area contributed by atoms with E-state index in [0.29, 0.717) is 31.8 Å². The number of fused-ring (bicyclic) bond motifs is 3. The van der Waals surface area contributed by atoms with Crippen LogP contribution in [-0.2, 0) is 42.8 Å². The van der Waals surface area contributed by atoms with Gasteiger partial charge < -0.3 is 28.4 Å². The van der Waals surface area contributed by atoms with Gasteiger partial charge in [-0.25, -0.2) is 0 Å². The van der Waals surface area contributed by atoms with Gasteiger partial charge in [-0.15, -0.1) is 0 Å². The van der Waals surface area contributed by atoms with Crippen molar-refractivity contribution in [2.75, 3.05) is 19.8 Å². The summed E-state index contributed by atoms with van der Waals surface area (Å²) in [6, 6.07) is 0. The highest BCUT2D eigenvalue weighted by atomic mass is 16.7. The second-order valence-electron chi connectivity index (χ2n) is 12.5. The minimum absolute atomic E-state index is 0.0268. The Balaban J connectivity index is 1.60. The van der Waals surface area contributed by atoms with Crippen LogP contribution in [0, 0.1) is 34.5 Å². The van der Waals surface area contributed by atoms with Crippen LogP contribution < -0.4 is 0 Å². The third-order valence-electron chi connectivity index (χ3n) is 10.3. The molecule has 1 spiro atoms. The molecule has 9 heteroatoms. The Morgan fingerprint density at radius 3 is 2.32 bits per heavy atom. The smallest absolute Gasteiger partial charge is 0.308 e. The number of epoxide rings is 1. The molecule has 5 aliphatic rings. The Morgan fingerprint density at radius 1 is 1.00 bits per heavy atom. The Labute approximate surface area is 219 Å². The summed E-state index contributed by atoms with van der Waals surface area (Å²) in [4.78, 5) is 37.3. The highest BCUT2D eigenvalue weighted by Gasteiger charge is 2.80. The quantitative estimate of drug-likeness (QED) is 0.294. The Hall–Kier alpha value is -1.71. The Bertz CT molecular complexity index is 917. The zero-order valence-corrected chi connectivity index (χ0v) is 22.9. The maximum atomic E-state index is 12.7. The van der Waals surface area contributed by atoms with Crippen molar-refractivity contribution in [1.82, 2.24) is 0 Å². The lowest BCUT2D eigenvalue weighted by atomic mass is 9.42. The molecule has 0 N–H and O–H groups in total. The standard InChI is InChI=1S/C28H42O9/c1-15(2)24(31)36-21-8-7-20-26(6,22-12-19-9-10-32-25(19)37-22)16(3)11-23(35-18(5)30)27(20,13-33-17(4)29)28(21)14-34-28/h15-16,19-23,25H,7-14H2,1-6H3/t16-,19-,20-,21+,22+,23+,25+,26+,27+,28?/m1/s1. The van der Waals surface area contributed by atoms with E-state index in [0.717, 1.165) is 19.4 Å². The predicted octanol–water partition coefficient (Wildman–Crippen LogP) is 3.41. The summed E-state index contributed by atoms with van der Waals surface area (Å²) in [5.41, 5.74) is -2.10. The average Bonchev–Trinajstić information content (AvgIpc) is 3.31. The fourth-order valence-corrected chi connectivity index (χ4v) is 8.17. The average molecular weight is 523 g/mol. The molecule has 0 aromatic carbocycles. The molecular formula is C28H42O9. The van der Waals surface area contributed by atoms with Crippen LogP contribution in [0.1, 0.15) is 73.6 Å². The van der Waals surface area contributed by atoms with Crippen molar-refractivity contribution in [1.29, 1.82) is 0 Å². The lowest BCUT2D eigenvalue weighted by Gasteiger charge is -2.64. The molecule has 2 aliphatic carbocycles. The number of rotatable bonds is 6. The van der Waals surface area contributed by atoms with Crippen molar-refractivity contribution in [3.8, 4) is 0 Å². The van der Waals surface area contributed by atoms with Gasteiger partial charge in [-0.3, -0.25) is 14.4 Å².